The minimum atomic E-state index is 0.142. The lowest BCUT2D eigenvalue weighted by atomic mass is 10.1. The zero-order valence-corrected chi connectivity index (χ0v) is 11.4. The van der Waals surface area contributed by atoms with Gasteiger partial charge in [-0.25, -0.2) is 0 Å². The van der Waals surface area contributed by atoms with E-state index in [-0.39, 0.29) is 12.0 Å². The van der Waals surface area contributed by atoms with E-state index in [1.165, 1.54) is 0 Å². The van der Waals surface area contributed by atoms with Crippen molar-refractivity contribution in [1.82, 2.24) is 10.3 Å². The van der Waals surface area contributed by atoms with Crippen molar-refractivity contribution in [3.05, 3.63) is 23.0 Å². The predicted molar refractivity (Wildman–Crippen MR) is 70.7 cm³/mol. The van der Waals surface area contributed by atoms with Gasteiger partial charge in [-0.1, -0.05) is 0 Å². The Labute approximate surface area is 108 Å². The first kappa shape index (κ1) is 13.3. The first-order valence-corrected chi connectivity index (χ1v) is 6.42. The van der Waals surface area contributed by atoms with Gasteiger partial charge in [-0.2, -0.15) is 0 Å². The summed E-state index contributed by atoms with van der Waals surface area (Å²) in [6.07, 6.45) is 4.10. The third kappa shape index (κ3) is 2.65. The number of ether oxygens (including phenoxy) is 1. The van der Waals surface area contributed by atoms with Crippen molar-refractivity contribution in [2.24, 2.45) is 5.41 Å². The number of hydrogen-bond acceptors (Lipinski definition) is 4. The van der Waals surface area contributed by atoms with E-state index in [0.717, 1.165) is 48.5 Å². The fraction of sp³-hybridized carbons (Fsp3) is 0.643. The number of aromatic nitrogens is 1. The summed E-state index contributed by atoms with van der Waals surface area (Å²) in [6, 6.07) is 0. The summed E-state index contributed by atoms with van der Waals surface area (Å²) >= 11 is 0. The van der Waals surface area contributed by atoms with Crippen LogP contribution in [0.3, 0.4) is 0 Å². The van der Waals surface area contributed by atoms with Crippen LogP contribution >= 0.6 is 0 Å². The van der Waals surface area contributed by atoms with Gasteiger partial charge >= 0.3 is 0 Å². The molecule has 0 radical (unpaired) electrons. The predicted octanol–water partition coefficient (Wildman–Crippen LogP) is 1.57. The Hall–Kier alpha value is -1.13. The molecule has 0 amide bonds. The van der Waals surface area contributed by atoms with Crippen molar-refractivity contribution in [1.29, 1.82) is 0 Å². The van der Waals surface area contributed by atoms with Gasteiger partial charge in [0.2, 0.25) is 0 Å². The molecule has 0 spiro atoms. The standard InChI is InChI=1S/C14H22N2O2/c1-10-6-16-12(11(2)13(10)18-3)7-15-8-14(9-17)4-5-14/h6,15,17H,4-5,7-9H2,1-3H3. The van der Waals surface area contributed by atoms with Crippen molar-refractivity contribution in [2.45, 2.75) is 33.2 Å². The second-order valence-electron chi connectivity index (χ2n) is 5.31. The molecule has 4 heteroatoms. The van der Waals surface area contributed by atoms with Crippen LogP contribution in [-0.4, -0.2) is 30.4 Å². The molecule has 18 heavy (non-hydrogen) atoms. The van der Waals surface area contributed by atoms with Gasteiger partial charge in [-0.3, -0.25) is 4.98 Å². The summed E-state index contributed by atoms with van der Waals surface area (Å²) < 4.78 is 5.39. The van der Waals surface area contributed by atoms with E-state index in [4.69, 9.17) is 4.74 Å². The molecule has 2 rings (SSSR count). The van der Waals surface area contributed by atoms with Crippen LogP contribution < -0.4 is 10.1 Å². The van der Waals surface area contributed by atoms with Gasteiger partial charge in [0.1, 0.15) is 5.75 Å². The number of aryl methyl sites for hydroxylation is 1. The van der Waals surface area contributed by atoms with Gasteiger partial charge < -0.3 is 15.2 Å². The Morgan fingerprint density at radius 2 is 2.17 bits per heavy atom. The minimum Gasteiger partial charge on any atom is -0.496 e. The van der Waals surface area contributed by atoms with Crippen molar-refractivity contribution in [3.8, 4) is 5.75 Å². The Bertz CT molecular complexity index is 428. The average molecular weight is 250 g/mol. The van der Waals surface area contributed by atoms with Gasteiger partial charge in [0.05, 0.1) is 12.8 Å². The molecule has 100 valence electrons. The van der Waals surface area contributed by atoms with E-state index in [2.05, 4.69) is 10.3 Å². The maximum atomic E-state index is 9.25. The first-order valence-electron chi connectivity index (χ1n) is 6.42. The summed E-state index contributed by atoms with van der Waals surface area (Å²) in [5.41, 5.74) is 3.32. The fourth-order valence-corrected chi connectivity index (χ4v) is 2.26. The quantitative estimate of drug-likeness (QED) is 0.804. The van der Waals surface area contributed by atoms with Crippen molar-refractivity contribution in [3.63, 3.8) is 0 Å². The maximum Gasteiger partial charge on any atom is 0.128 e. The van der Waals surface area contributed by atoms with Crippen LogP contribution in [0.15, 0.2) is 6.20 Å². The van der Waals surface area contributed by atoms with Gasteiger partial charge in [0.15, 0.2) is 0 Å². The van der Waals surface area contributed by atoms with Crippen LogP contribution in [0.2, 0.25) is 0 Å². The van der Waals surface area contributed by atoms with E-state index >= 15 is 0 Å². The molecule has 0 saturated heterocycles. The molecular formula is C14H22N2O2. The Balaban J connectivity index is 1.97. The number of pyridine rings is 1. The normalized spacial score (nSPS) is 16.7. The van der Waals surface area contributed by atoms with Crippen molar-refractivity contribution in [2.75, 3.05) is 20.3 Å². The molecule has 0 aromatic carbocycles. The summed E-state index contributed by atoms with van der Waals surface area (Å²) in [7, 11) is 1.69. The molecule has 0 unspecified atom stereocenters. The topological polar surface area (TPSA) is 54.4 Å². The zero-order chi connectivity index (χ0) is 13.2. The van der Waals surface area contributed by atoms with Gasteiger partial charge in [-0.05, 0) is 26.7 Å². The molecule has 1 aromatic rings. The smallest absolute Gasteiger partial charge is 0.128 e. The summed E-state index contributed by atoms with van der Waals surface area (Å²) in [4.78, 5) is 4.45. The Kier molecular flexibility index (Phi) is 3.88. The molecule has 2 N–H and O–H groups in total. The molecule has 0 bridgehead atoms. The van der Waals surface area contributed by atoms with Crippen LogP contribution in [0.1, 0.15) is 29.7 Å². The van der Waals surface area contributed by atoms with Crippen LogP contribution in [0, 0.1) is 19.3 Å². The Morgan fingerprint density at radius 1 is 1.44 bits per heavy atom. The second kappa shape index (κ2) is 5.24. The zero-order valence-electron chi connectivity index (χ0n) is 11.4. The van der Waals surface area contributed by atoms with Crippen LogP contribution in [0.5, 0.6) is 5.75 Å². The molecule has 1 heterocycles. The maximum absolute atomic E-state index is 9.25. The van der Waals surface area contributed by atoms with Crippen LogP contribution in [0.4, 0.5) is 0 Å². The number of aliphatic hydroxyl groups excluding tert-OH is 1. The molecule has 1 fully saturated rings. The van der Waals surface area contributed by atoms with Crippen LogP contribution in [0.25, 0.3) is 0 Å². The SMILES string of the molecule is COc1c(C)cnc(CNCC2(CO)CC2)c1C. The first-order chi connectivity index (χ1) is 8.62. The molecule has 1 aliphatic carbocycles. The highest BCUT2D eigenvalue weighted by Gasteiger charge is 2.41. The third-order valence-corrected chi connectivity index (χ3v) is 3.83. The number of hydrogen-bond donors (Lipinski definition) is 2. The van der Waals surface area contributed by atoms with Crippen LogP contribution in [-0.2, 0) is 6.54 Å². The number of aliphatic hydroxyl groups is 1. The molecule has 1 aromatic heterocycles. The highest BCUT2D eigenvalue weighted by Crippen LogP contribution is 2.44. The number of nitrogens with one attached hydrogen (secondary N) is 1. The lowest BCUT2D eigenvalue weighted by Crippen LogP contribution is -2.26. The van der Waals surface area contributed by atoms with Gasteiger partial charge in [-0.15, -0.1) is 0 Å². The van der Waals surface area contributed by atoms with E-state index in [1.807, 2.05) is 20.0 Å². The van der Waals surface area contributed by atoms with Crippen molar-refractivity contribution >= 4 is 0 Å². The largest absolute Gasteiger partial charge is 0.496 e. The van der Waals surface area contributed by atoms with E-state index in [9.17, 15) is 5.11 Å². The minimum absolute atomic E-state index is 0.142. The van der Waals surface area contributed by atoms with E-state index < -0.39 is 0 Å². The number of rotatable bonds is 6. The second-order valence-corrected chi connectivity index (χ2v) is 5.31. The summed E-state index contributed by atoms with van der Waals surface area (Å²) in [5.74, 6) is 0.921. The summed E-state index contributed by atoms with van der Waals surface area (Å²) in [5, 5.41) is 12.6. The molecule has 0 atom stereocenters. The highest BCUT2D eigenvalue weighted by atomic mass is 16.5. The Morgan fingerprint density at radius 3 is 2.72 bits per heavy atom. The molecule has 1 saturated carbocycles. The van der Waals surface area contributed by atoms with Gasteiger partial charge in [0.25, 0.3) is 0 Å². The van der Waals surface area contributed by atoms with Gasteiger partial charge in [0, 0.05) is 42.4 Å². The van der Waals surface area contributed by atoms with E-state index in [1.54, 1.807) is 7.11 Å². The number of nitrogens with zero attached hydrogens (tertiary/aromatic N) is 1. The number of methoxy groups -OCH3 is 1. The van der Waals surface area contributed by atoms with Crippen molar-refractivity contribution < 1.29 is 9.84 Å². The molecular weight excluding hydrogens is 228 g/mol. The van der Waals surface area contributed by atoms with E-state index in [0.29, 0.717) is 0 Å². The molecule has 0 aliphatic heterocycles. The lowest BCUT2D eigenvalue weighted by Gasteiger charge is -2.15. The molecule has 1 aliphatic rings. The lowest BCUT2D eigenvalue weighted by molar-refractivity contribution is 0.207. The fourth-order valence-electron chi connectivity index (χ4n) is 2.26. The highest BCUT2D eigenvalue weighted by molar-refractivity contribution is 5.40. The molecule has 4 nitrogen and oxygen atoms in total. The monoisotopic (exact) mass is 250 g/mol. The average Bonchev–Trinajstić information content (AvgIpc) is 3.13. The third-order valence-electron chi connectivity index (χ3n) is 3.83. The summed E-state index contributed by atoms with van der Waals surface area (Å²) in [6.45, 7) is 5.91.